The topological polar surface area (TPSA) is 79.8 Å². The maximum absolute atomic E-state index is 12.2. The molecule has 25 heavy (non-hydrogen) atoms. The molecule has 6 nitrogen and oxygen atoms in total. The monoisotopic (exact) mass is 363 g/mol. The van der Waals surface area contributed by atoms with Crippen molar-refractivity contribution in [2.75, 3.05) is 18.5 Å². The van der Waals surface area contributed by atoms with Crippen LogP contribution in [0.2, 0.25) is 0 Å². The molecule has 1 aromatic rings. The quantitative estimate of drug-likeness (QED) is 0.744. The average molecular weight is 363 g/mol. The van der Waals surface area contributed by atoms with Crippen molar-refractivity contribution in [3.63, 3.8) is 0 Å². The van der Waals surface area contributed by atoms with E-state index in [2.05, 4.69) is 29.5 Å². The van der Waals surface area contributed by atoms with Crippen LogP contribution in [0, 0.1) is 5.92 Å². The number of anilines is 1. The van der Waals surface area contributed by atoms with Gasteiger partial charge in [-0.2, -0.15) is 0 Å². The third-order valence-corrected chi connectivity index (χ3v) is 4.68. The fourth-order valence-corrected chi connectivity index (χ4v) is 3.22. The third-order valence-electron chi connectivity index (χ3n) is 3.56. The van der Waals surface area contributed by atoms with E-state index in [-0.39, 0.29) is 18.2 Å². The molecule has 0 saturated carbocycles. The second-order valence-corrected chi connectivity index (χ2v) is 7.37. The lowest BCUT2D eigenvalue weighted by Crippen LogP contribution is -2.28. The maximum atomic E-state index is 12.2. The van der Waals surface area contributed by atoms with Gasteiger partial charge in [0.1, 0.15) is 11.0 Å². The van der Waals surface area contributed by atoms with Crippen LogP contribution in [0.1, 0.15) is 33.6 Å². The molecule has 0 spiro atoms. The number of hydrogen-bond donors (Lipinski definition) is 2. The predicted molar refractivity (Wildman–Crippen MR) is 102 cm³/mol. The summed E-state index contributed by atoms with van der Waals surface area (Å²) in [6.45, 7) is 7.47. The van der Waals surface area contributed by atoms with E-state index in [0.717, 1.165) is 12.2 Å². The molecule has 2 rings (SSSR count). The Hall–Kier alpha value is -2.02. The first-order chi connectivity index (χ1) is 12.0. The Labute approximate surface area is 152 Å². The first-order valence-electron chi connectivity index (χ1n) is 8.52. The van der Waals surface area contributed by atoms with Gasteiger partial charge in [-0.1, -0.05) is 25.6 Å². The van der Waals surface area contributed by atoms with Crippen LogP contribution in [0.15, 0.2) is 29.3 Å². The lowest BCUT2D eigenvalue weighted by Gasteiger charge is -2.08. The first kappa shape index (κ1) is 19.3. The molecule has 7 heteroatoms. The minimum Gasteiger partial charge on any atom is -0.494 e. The van der Waals surface area contributed by atoms with Crippen LogP contribution < -0.4 is 15.4 Å². The fraction of sp³-hybridized carbons (Fsp3) is 0.500. The van der Waals surface area contributed by atoms with Gasteiger partial charge in [-0.05, 0) is 43.5 Å². The number of benzene rings is 1. The van der Waals surface area contributed by atoms with Gasteiger partial charge < -0.3 is 15.4 Å². The highest BCUT2D eigenvalue weighted by Crippen LogP contribution is 2.23. The molecule has 0 unspecified atom stereocenters. The van der Waals surface area contributed by atoms with Crippen LogP contribution in [-0.4, -0.2) is 35.4 Å². The summed E-state index contributed by atoms with van der Waals surface area (Å²) in [6, 6.07) is 7.17. The van der Waals surface area contributed by atoms with E-state index < -0.39 is 5.25 Å². The van der Waals surface area contributed by atoms with Gasteiger partial charge in [0, 0.05) is 18.7 Å². The molecule has 2 N–H and O–H groups in total. The molecule has 1 heterocycles. The van der Waals surface area contributed by atoms with Crippen molar-refractivity contribution in [2.24, 2.45) is 10.9 Å². The fourth-order valence-electron chi connectivity index (χ4n) is 2.22. The molecule has 136 valence electrons. The molecule has 1 fully saturated rings. The number of nitrogens with one attached hydrogen (secondary N) is 2. The summed E-state index contributed by atoms with van der Waals surface area (Å²) in [5.74, 6) is 0.978. The normalized spacial score (nSPS) is 18.5. The van der Waals surface area contributed by atoms with Gasteiger partial charge in [-0.15, -0.1) is 0 Å². The second-order valence-electron chi connectivity index (χ2n) is 6.17. The number of carbonyl (C=O) groups is 2. The lowest BCUT2D eigenvalue weighted by molar-refractivity contribution is -0.122. The molecular formula is C18H25N3O3S. The first-order valence-corrected chi connectivity index (χ1v) is 9.40. The summed E-state index contributed by atoms with van der Waals surface area (Å²) in [6.07, 6.45) is 1.09. The Morgan fingerprint density at radius 1 is 1.36 bits per heavy atom. The van der Waals surface area contributed by atoms with E-state index >= 15 is 0 Å². The summed E-state index contributed by atoms with van der Waals surface area (Å²) >= 11 is 1.33. The van der Waals surface area contributed by atoms with E-state index in [4.69, 9.17) is 4.74 Å². The van der Waals surface area contributed by atoms with Crippen LogP contribution in [0.3, 0.4) is 0 Å². The van der Waals surface area contributed by atoms with Crippen molar-refractivity contribution in [1.29, 1.82) is 0 Å². The number of rotatable bonds is 8. The zero-order valence-electron chi connectivity index (χ0n) is 14.9. The lowest BCUT2D eigenvalue weighted by atomic mass is 10.1. The molecule has 2 amide bonds. The molecule has 1 atom stereocenters. The Balaban J connectivity index is 1.82. The van der Waals surface area contributed by atoms with Gasteiger partial charge in [0.2, 0.25) is 11.8 Å². The number of thioether (sulfide) groups is 1. The van der Waals surface area contributed by atoms with E-state index in [1.807, 2.05) is 6.92 Å². The van der Waals surface area contributed by atoms with Crippen molar-refractivity contribution in [2.45, 2.75) is 38.9 Å². The van der Waals surface area contributed by atoms with Gasteiger partial charge in [0.25, 0.3) is 0 Å². The van der Waals surface area contributed by atoms with E-state index in [1.165, 1.54) is 11.8 Å². The number of carbonyl (C=O) groups excluding carboxylic acids is 2. The Bertz CT molecular complexity index is 629. The van der Waals surface area contributed by atoms with E-state index in [0.29, 0.717) is 29.9 Å². The standard InChI is InChI=1S/C18H25N3O3S/c1-4-24-14-7-5-13(6-8-14)20-16(22)11-15-17(23)21-18(25-15)19-10-9-12(2)3/h5-8,12,15H,4,9-11H2,1-3H3,(H,20,22)(H,19,21,23)/t15-/m0/s1. The minimum absolute atomic E-state index is 0.118. The van der Waals surface area contributed by atoms with Crippen LogP contribution in [0.25, 0.3) is 0 Å². The van der Waals surface area contributed by atoms with Crippen molar-refractivity contribution >= 4 is 34.4 Å². The van der Waals surface area contributed by atoms with Gasteiger partial charge >= 0.3 is 0 Å². The van der Waals surface area contributed by atoms with Gasteiger partial charge in [0.05, 0.1) is 6.61 Å². The van der Waals surface area contributed by atoms with Crippen molar-refractivity contribution < 1.29 is 14.3 Å². The molecule has 0 radical (unpaired) electrons. The summed E-state index contributed by atoms with van der Waals surface area (Å²) in [5.41, 5.74) is 0.683. The van der Waals surface area contributed by atoms with Crippen LogP contribution in [-0.2, 0) is 9.59 Å². The minimum atomic E-state index is -0.430. The Morgan fingerprint density at radius 3 is 2.72 bits per heavy atom. The molecule has 1 aliphatic heterocycles. The maximum Gasteiger partial charge on any atom is 0.240 e. The number of aliphatic imine (C=N–C) groups is 1. The largest absolute Gasteiger partial charge is 0.494 e. The SMILES string of the molecule is CCOc1ccc(NC(=O)C[C@@H]2SC(=NCCC(C)C)NC2=O)cc1. The van der Waals surface area contributed by atoms with Crippen LogP contribution in [0.5, 0.6) is 5.75 Å². The summed E-state index contributed by atoms with van der Waals surface area (Å²) in [7, 11) is 0. The number of nitrogens with zero attached hydrogens (tertiary/aromatic N) is 1. The van der Waals surface area contributed by atoms with Crippen LogP contribution in [0.4, 0.5) is 5.69 Å². The number of amides is 2. The average Bonchev–Trinajstić information content (AvgIpc) is 2.89. The second kappa shape index (κ2) is 9.46. The zero-order valence-corrected chi connectivity index (χ0v) is 15.7. The van der Waals surface area contributed by atoms with E-state index in [1.54, 1.807) is 24.3 Å². The zero-order chi connectivity index (χ0) is 18.2. The van der Waals surface area contributed by atoms with Gasteiger partial charge in [-0.3, -0.25) is 14.6 Å². The number of ether oxygens (including phenoxy) is 1. The van der Waals surface area contributed by atoms with E-state index in [9.17, 15) is 9.59 Å². The number of hydrogen-bond acceptors (Lipinski definition) is 5. The highest BCUT2D eigenvalue weighted by Gasteiger charge is 2.31. The molecule has 1 saturated heterocycles. The van der Waals surface area contributed by atoms with Gasteiger partial charge in [-0.25, -0.2) is 0 Å². The highest BCUT2D eigenvalue weighted by molar-refractivity contribution is 8.15. The Kier molecular flexibility index (Phi) is 7.31. The summed E-state index contributed by atoms with van der Waals surface area (Å²) < 4.78 is 5.36. The van der Waals surface area contributed by atoms with Crippen molar-refractivity contribution in [3.05, 3.63) is 24.3 Å². The molecule has 0 aromatic heterocycles. The smallest absolute Gasteiger partial charge is 0.240 e. The molecule has 0 aliphatic carbocycles. The summed E-state index contributed by atoms with van der Waals surface area (Å²) in [5, 5.41) is 5.74. The predicted octanol–water partition coefficient (Wildman–Crippen LogP) is 3.05. The molecule has 0 bridgehead atoms. The molecule has 1 aromatic carbocycles. The molecule has 1 aliphatic rings. The van der Waals surface area contributed by atoms with Gasteiger partial charge in [0.15, 0.2) is 5.17 Å². The van der Waals surface area contributed by atoms with Crippen LogP contribution >= 0.6 is 11.8 Å². The van der Waals surface area contributed by atoms with Crippen molar-refractivity contribution in [3.8, 4) is 5.75 Å². The highest BCUT2D eigenvalue weighted by atomic mass is 32.2. The Morgan fingerprint density at radius 2 is 2.08 bits per heavy atom. The third kappa shape index (κ3) is 6.42. The van der Waals surface area contributed by atoms with Crippen molar-refractivity contribution in [1.82, 2.24) is 5.32 Å². The number of amidine groups is 1. The summed E-state index contributed by atoms with van der Waals surface area (Å²) in [4.78, 5) is 28.5. The molecular weight excluding hydrogens is 338 g/mol.